The van der Waals surface area contributed by atoms with Gasteiger partial charge in [0.2, 0.25) is 0 Å². The summed E-state index contributed by atoms with van der Waals surface area (Å²) in [6.45, 7) is 0. The highest BCUT2D eigenvalue weighted by Gasteiger charge is 2.11. The van der Waals surface area contributed by atoms with Crippen molar-refractivity contribution < 1.29 is 9.18 Å². The van der Waals surface area contributed by atoms with Gasteiger partial charge in [-0.15, -0.1) is 0 Å². The Labute approximate surface area is 109 Å². The van der Waals surface area contributed by atoms with Crippen molar-refractivity contribution in [2.24, 2.45) is 0 Å². The molecule has 2 nitrogen and oxygen atoms in total. The molecule has 18 heavy (non-hydrogen) atoms. The van der Waals surface area contributed by atoms with Gasteiger partial charge in [0.1, 0.15) is 5.82 Å². The summed E-state index contributed by atoms with van der Waals surface area (Å²) in [7, 11) is 0. The van der Waals surface area contributed by atoms with Crippen molar-refractivity contribution >= 4 is 23.1 Å². The zero-order valence-electron chi connectivity index (χ0n) is 9.49. The molecule has 0 bridgehead atoms. The molecule has 0 atom stereocenters. The molecule has 0 unspecified atom stereocenters. The Morgan fingerprint density at radius 3 is 2.44 bits per heavy atom. The van der Waals surface area contributed by atoms with Crippen LogP contribution < -0.4 is 5.73 Å². The van der Waals surface area contributed by atoms with Crippen LogP contribution in [-0.4, -0.2) is 5.78 Å². The highest BCUT2D eigenvalue weighted by atomic mass is 35.5. The van der Waals surface area contributed by atoms with E-state index < -0.39 is 5.82 Å². The van der Waals surface area contributed by atoms with E-state index in [1.807, 2.05) is 0 Å². The molecule has 4 heteroatoms. The highest BCUT2D eigenvalue weighted by molar-refractivity contribution is 6.34. The number of ketones is 1. The Balaban J connectivity index is 2.19. The van der Waals surface area contributed by atoms with Gasteiger partial charge in [-0.25, -0.2) is 4.39 Å². The SMILES string of the molecule is Nc1ccc(CC(=O)c2ccc(F)cc2Cl)cc1. The van der Waals surface area contributed by atoms with Crippen molar-refractivity contribution in [3.05, 3.63) is 64.4 Å². The minimum atomic E-state index is -0.455. The lowest BCUT2D eigenvalue weighted by molar-refractivity contribution is 0.0993. The summed E-state index contributed by atoms with van der Waals surface area (Å²) in [5.74, 6) is -0.603. The zero-order chi connectivity index (χ0) is 13.1. The van der Waals surface area contributed by atoms with E-state index in [2.05, 4.69) is 0 Å². The lowest BCUT2D eigenvalue weighted by Crippen LogP contribution is -2.04. The molecule has 92 valence electrons. The summed E-state index contributed by atoms with van der Waals surface area (Å²) < 4.78 is 12.9. The lowest BCUT2D eigenvalue weighted by Gasteiger charge is -2.04. The van der Waals surface area contributed by atoms with Gasteiger partial charge in [0, 0.05) is 17.7 Å². The maximum atomic E-state index is 12.9. The van der Waals surface area contributed by atoms with Crippen LogP contribution in [0.1, 0.15) is 15.9 Å². The van der Waals surface area contributed by atoms with Gasteiger partial charge in [0.05, 0.1) is 5.02 Å². The predicted octanol–water partition coefficient (Wildman–Crippen LogP) is 3.49. The van der Waals surface area contributed by atoms with Gasteiger partial charge >= 0.3 is 0 Å². The monoisotopic (exact) mass is 263 g/mol. The van der Waals surface area contributed by atoms with Gasteiger partial charge < -0.3 is 5.73 Å². The fourth-order valence-electron chi connectivity index (χ4n) is 1.63. The molecule has 0 aromatic heterocycles. The van der Waals surface area contributed by atoms with Crippen LogP contribution in [0.5, 0.6) is 0 Å². The van der Waals surface area contributed by atoms with Gasteiger partial charge in [0.15, 0.2) is 5.78 Å². The minimum Gasteiger partial charge on any atom is -0.399 e. The van der Waals surface area contributed by atoms with Crippen molar-refractivity contribution in [1.29, 1.82) is 0 Å². The Bertz CT molecular complexity index is 581. The average Bonchev–Trinajstić information content (AvgIpc) is 2.32. The molecular weight excluding hydrogens is 253 g/mol. The molecule has 0 heterocycles. The van der Waals surface area contributed by atoms with Gasteiger partial charge in [-0.05, 0) is 35.9 Å². The van der Waals surface area contributed by atoms with Crippen molar-refractivity contribution in [2.45, 2.75) is 6.42 Å². The molecule has 0 amide bonds. The Morgan fingerprint density at radius 2 is 1.83 bits per heavy atom. The van der Waals surface area contributed by atoms with Crippen molar-refractivity contribution in [1.82, 2.24) is 0 Å². The summed E-state index contributed by atoms with van der Waals surface area (Å²) in [5, 5.41) is 0.135. The second kappa shape index (κ2) is 5.19. The van der Waals surface area contributed by atoms with E-state index in [0.29, 0.717) is 11.3 Å². The molecule has 2 aromatic rings. The summed E-state index contributed by atoms with van der Waals surface area (Å²) >= 11 is 5.84. The van der Waals surface area contributed by atoms with Crippen LogP contribution in [-0.2, 0) is 6.42 Å². The number of nitrogen functional groups attached to an aromatic ring is 1. The lowest BCUT2D eigenvalue weighted by atomic mass is 10.0. The molecule has 0 spiro atoms. The first-order valence-corrected chi connectivity index (χ1v) is 5.77. The number of anilines is 1. The third-order valence-electron chi connectivity index (χ3n) is 2.58. The number of benzene rings is 2. The highest BCUT2D eigenvalue weighted by Crippen LogP contribution is 2.19. The van der Waals surface area contributed by atoms with E-state index in [-0.39, 0.29) is 17.2 Å². The van der Waals surface area contributed by atoms with Crippen LogP contribution in [0.25, 0.3) is 0 Å². The molecule has 0 aliphatic heterocycles. The maximum absolute atomic E-state index is 12.9. The van der Waals surface area contributed by atoms with Crippen LogP contribution in [0.3, 0.4) is 0 Å². The molecule has 0 fully saturated rings. The summed E-state index contributed by atoms with van der Waals surface area (Å²) in [6.07, 6.45) is 0.214. The van der Waals surface area contributed by atoms with Crippen molar-refractivity contribution in [3.8, 4) is 0 Å². The molecular formula is C14H11ClFNO. The summed E-state index contributed by atoms with van der Waals surface area (Å²) in [5.41, 5.74) is 7.38. The molecule has 0 aliphatic rings. The second-order valence-corrected chi connectivity index (χ2v) is 4.37. The molecule has 2 rings (SSSR count). The van der Waals surface area contributed by atoms with E-state index in [1.54, 1.807) is 24.3 Å². The fraction of sp³-hybridized carbons (Fsp3) is 0.0714. The second-order valence-electron chi connectivity index (χ2n) is 3.97. The van der Waals surface area contributed by atoms with Gasteiger partial charge in [-0.2, -0.15) is 0 Å². The molecule has 2 aromatic carbocycles. The Kier molecular flexibility index (Phi) is 3.63. The van der Waals surface area contributed by atoms with E-state index in [9.17, 15) is 9.18 Å². The largest absolute Gasteiger partial charge is 0.399 e. The van der Waals surface area contributed by atoms with Crippen molar-refractivity contribution in [3.63, 3.8) is 0 Å². The molecule has 0 saturated heterocycles. The topological polar surface area (TPSA) is 43.1 Å². The average molecular weight is 264 g/mol. The Hall–Kier alpha value is -1.87. The minimum absolute atomic E-state index is 0.135. The summed E-state index contributed by atoms with van der Waals surface area (Å²) in [4.78, 5) is 12.0. The number of hydrogen-bond acceptors (Lipinski definition) is 2. The third-order valence-corrected chi connectivity index (χ3v) is 2.89. The molecule has 2 N–H and O–H groups in total. The third kappa shape index (κ3) is 2.87. The molecule has 0 aliphatic carbocycles. The molecule has 0 radical (unpaired) electrons. The van der Waals surface area contributed by atoms with Crippen LogP contribution in [0.2, 0.25) is 5.02 Å². The van der Waals surface area contributed by atoms with Crippen LogP contribution in [0.4, 0.5) is 10.1 Å². The van der Waals surface area contributed by atoms with Crippen LogP contribution >= 0.6 is 11.6 Å². The van der Waals surface area contributed by atoms with E-state index in [4.69, 9.17) is 17.3 Å². The quantitative estimate of drug-likeness (QED) is 0.680. The van der Waals surface area contributed by atoms with E-state index in [1.165, 1.54) is 12.1 Å². The predicted molar refractivity (Wildman–Crippen MR) is 70.3 cm³/mol. The van der Waals surface area contributed by atoms with E-state index in [0.717, 1.165) is 11.6 Å². The summed E-state index contributed by atoms with van der Waals surface area (Å²) in [6, 6.07) is 10.8. The number of carbonyl (C=O) groups excluding carboxylic acids is 1. The van der Waals surface area contributed by atoms with Gasteiger partial charge in [0.25, 0.3) is 0 Å². The number of nitrogens with two attached hydrogens (primary N) is 1. The van der Waals surface area contributed by atoms with Gasteiger partial charge in [-0.3, -0.25) is 4.79 Å². The fourth-order valence-corrected chi connectivity index (χ4v) is 1.90. The maximum Gasteiger partial charge on any atom is 0.168 e. The smallest absolute Gasteiger partial charge is 0.168 e. The van der Waals surface area contributed by atoms with Crippen molar-refractivity contribution in [2.75, 3.05) is 5.73 Å². The number of carbonyl (C=O) groups is 1. The number of Topliss-reactive ketones (excluding diaryl/α,β-unsaturated/α-hetero) is 1. The standard InChI is InChI=1S/C14H11ClFNO/c15-13-8-10(16)3-6-12(13)14(18)7-9-1-4-11(17)5-2-9/h1-6,8H,7,17H2. The first-order chi connectivity index (χ1) is 8.56. The van der Waals surface area contributed by atoms with E-state index >= 15 is 0 Å². The number of halogens is 2. The number of rotatable bonds is 3. The first kappa shape index (κ1) is 12.6. The normalized spacial score (nSPS) is 10.3. The zero-order valence-corrected chi connectivity index (χ0v) is 10.2. The van der Waals surface area contributed by atoms with Gasteiger partial charge in [-0.1, -0.05) is 23.7 Å². The Morgan fingerprint density at radius 1 is 1.17 bits per heavy atom. The first-order valence-electron chi connectivity index (χ1n) is 5.39. The van der Waals surface area contributed by atoms with Crippen LogP contribution in [0.15, 0.2) is 42.5 Å². The number of hydrogen-bond donors (Lipinski definition) is 1. The molecule has 0 saturated carbocycles. The van der Waals surface area contributed by atoms with Crippen LogP contribution in [0, 0.1) is 5.82 Å².